The summed E-state index contributed by atoms with van der Waals surface area (Å²) in [6, 6.07) is 1.09. The lowest BCUT2D eigenvalue weighted by Crippen LogP contribution is -2.63. The number of carbonyl (C=O) groups is 2. The third-order valence-corrected chi connectivity index (χ3v) is 11.2. The van der Waals surface area contributed by atoms with Crippen molar-refractivity contribution >= 4 is 11.8 Å². The van der Waals surface area contributed by atoms with Crippen molar-refractivity contribution < 1.29 is 24.2 Å². The van der Waals surface area contributed by atoms with Gasteiger partial charge in [0.25, 0.3) is 0 Å². The highest BCUT2D eigenvalue weighted by molar-refractivity contribution is 5.81. The summed E-state index contributed by atoms with van der Waals surface area (Å²) in [6.07, 6.45) is 9.28. The van der Waals surface area contributed by atoms with E-state index in [1.807, 2.05) is 0 Å². The number of nitrogens with zero attached hydrogens (tertiary/aromatic N) is 2. The second-order valence-electron chi connectivity index (χ2n) is 14.2. The lowest BCUT2D eigenvalue weighted by Gasteiger charge is -2.44. The molecule has 12 heteroatoms. The number of nitrogens with one attached hydrogen (secondary N) is 5. The van der Waals surface area contributed by atoms with Crippen LogP contribution in [-0.2, 0) is 19.1 Å². The van der Waals surface area contributed by atoms with E-state index < -0.39 is 6.10 Å². The number of piperidine rings is 2. The number of hydrogen-bond acceptors (Lipinski definition) is 10. The molecule has 9 unspecified atom stereocenters. The molecule has 6 fully saturated rings. The number of rotatable bonds is 10. The van der Waals surface area contributed by atoms with E-state index in [1.165, 1.54) is 6.42 Å². The van der Waals surface area contributed by atoms with Crippen LogP contribution in [0.25, 0.3) is 0 Å². The molecule has 0 aromatic heterocycles. The van der Waals surface area contributed by atoms with Gasteiger partial charge in [0.2, 0.25) is 11.8 Å². The van der Waals surface area contributed by atoms with Crippen LogP contribution < -0.4 is 26.6 Å². The highest BCUT2D eigenvalue weighted by atomic mass is 16.5. The van der Waals surface area contributed by atoms with Gasteiger partial charge in [-0.1, -0.05) is 0 Å². The summed E-state index contributed by atoms with van der Waals surface area (Å²) in [5.74, 6) is 1.49. The fraction of sp³-hybridized carbons (Fsp3) is 0.935. The number of ether oxygens (including phenoxy) is 2. The number of aliphatic hydroxyl groups excluding tert-OH is 1. The van der Waals surface area contributed by atoms with E-state index in [1.54, 1.807) is 6.92 Å². The van der Waals surface area contributed by atoms with Crippen LogP contribution in [0.1, 0.15) is 71.6 Å². The molecule has 6 aliphatic rings. The third kappa shape index (κ3) is 7.89. The van der Waals surface area contributed by atoms with Crippen molar-refractivity contribution in [1.82, 2.24) is 36.4 Å². The highest BCUT2D eigenvalue weighted by Gasteiger charge is 2.43. The van der Waals surface area contributed by atoms with Crippen LogP contribution in [0.4, 0.5) is 0 Å². The first kappa shape index (κ1) is 31.6. The Morgan fingerprint density at radius 2 is 1.84 bits per heavy atom. The fourth-order valence-corrected chi connectivity index (χ4v) is 8.80. The molecular weight excluding hydrogens is 550 g/mol. The van der Waals surface area contributed by atoms with Gasteiger partial charge in [0, 0.05) is 63.8 Å². The molecule has 244 valence electrons. The van der Waals surface area contributed by atoms with E-state index in [9.17, 15) is 14.7 Å². The highest BCUT2D eigenvalue weighted by Crippen LogP contribution is 2.38. The second kappa shape index (κ2) is 14.4. The summed E-state index contributed by atoms with van der Waals surface area (Å²) < 4.78 is 12.0. The van der Waals surface area contributed by atoms with Crippen LogP contribution in [0, 0.1) is 11.8 Å². The molecular formula is C31H55N7O5. The van der Waals surface area contributed by atoms with Crippen LogP contribution in [0.15, 0.2) is 0 Å². The zero-order valence-corrected chi connectivity index (χ0v) is 26.1. The average Bonchev–Trinajstić information content (AvgIpc) is 3.54. The Morgan fingerprint density at radius 3 is 2.58 bits per heavy atom. The first-order chi connectivity index (χ1) is 20.8. The summed E-state index contributed by atoms with van der Waals surface area (Å²) in [7, 11) is 0. The largest absolute Gasteiger partial charge is 0.390 e. The Bertz CT molecular complexity index is 945. The van der Waals surface area contributed by atoms with Gasteiger partial charge in [0.1, 0.15) is 0 Å². The number of β-amino-alcohol motifs (C(OH)–C–C–N with tert-alkyl or cyclic N) is 1. The summed E-state index contributed by atoms with van der Waals surface area (Å²) in [6.45, 7) is 8.56. The Balaban J connectivity index is 0.869. The van der Waals surface area contributed by atoms with Gasteiger partial charge in [0.15, 0.2) is 0 Å². The van der Waals surface area contributed by atoms with E-state index in [0.29, 0.717) is 75.1 Å². The van der Waals surface area contributed by atoms with Gasteiger partial charge >= 0.3 is 0 Å². The van der Waals surface area contributed by atoms with Crippen molar-refractivity contribution in [3.05, 3.63) is 0 Å². The number of fused-ring (bicyclic) bond motifs is 3. The van der Waals surface area contributed by atoms with Crippen LogP contribution in [-0.4, -0.2) is 128 Å². The van der Waals surface area contributed by atoms with Crippen LogP contribution in [0.5, 0.6) is 0 Å². The Morgan fingerprint density at radius 1 is 1.02 bits per heavy atom. The molecule has 5 heterocycles. The van der Waals surface area contributed by atoms with Gasteiger partial charge in [-0.15, -0.1) is 0 Å². The molecule has 2 bridgehead atoms. The van der Waals surface area contributed by atoms with E-state index in [0.717, 1.165) is 58.0 Å². The van der Waals surface area contributed by atoms with Crippen LogP contribution in [0.2, 0.25) is 0 Å². The minimum Gasteiger partial charge on any atom is -0.390 e. The van der Waals surface area contributed by atoms with Gasteiger partial charge in [-0.2, -0.15) is 0 Å². The standard InChI is InChI=1S/C31H55N7O5/c1-19-29(43-18-35-19)16-42-27-6-3-22-14-37(8-7-21(22)9-27)15-26(40)13-32-31(41)28-12-30(34-17-33-28)36-23-10-24-4-5-25(11-23)38(24)20(2)39/h19,21-30,33-36,40H,3-18H2,1-2H3,(H,32,41)/t19?,21?,22?,23?,24?,25?,26-,27?,28?,29?,30?/m0/s1. The maximum atomic E-state index is 13.0. The van der Waals surface area contributed by atoms with Gasteiger partial charge < -0.3 is 29.7 Å². The Hall–Kier alpha value is -1.38. The summed E-state index contributed by atoms with van der Waals surface area (Å²) in [5.41, 5.74) is 0. The lowest BCUT2D eigenvalue weighted by atomic mass is 9.74. The molecule has 2 amide bonds. The maximum Gasteiger partial charge on any atom is 0.237 e. The normalized spacial score (nSPS) is 40.7. The fourth-order valence-electron chi connectivity index (χ4n) is 8.80. The molecule has 1 saturated carbocycles. The van der Waals surface area contributed by atoms with Crippen LogP contribution in [0.3, 0.4) is 0 Å². The molecule has 6 rings (SSSR count). The molecule has 0 spiro atoms. The molecule has 0 radical (unpaired) electrons. The summed E-state index contributed by atoms with van der Waals surface area (Å²) in [5, 5.41) is 27.6. The topological polar surface area (TPSA) is 139 Å². The minimum atomic E-state index is -0.584. The SMILES string of the molecule is CC(=O)N1C2CCC1CC(NC1CC(C(=O)NC[C@H](O)CN3CCC4CC(OCC5OCNC5C)CCC4C3)NCN1)C2. The summed E-state index contributed by atoms with van der Waals surface area (Å²) in [4.78, 5) is 29.5. The molecule has 0 aromatic rings. The zero-order chi connectivity index (χ0) is 29.9. The summed E-state index contributed by atoms with van der Waals surface area (Å²) >= 11 is 0. The lowest BCUT2D eigenvalue weighted by molar-refractivity contribution is -0.133. The van der Waals surface area contributed by atoms with E-state index in [4.69, 9.17) is 9.47 Å². The van der Waals surface area contributed by atoms with Crippen molar-refractivity contribution in [1.29, 1.82) is 0 Å². The first-order valence-corrected chi connectivity index (χ1v) is 17.0. The van der Waals surface area contributed by atoms with Gasteiger partial charge in [-0.3, -0.25) is 30.9 Å². The smallest absolute Gasteiger partial charge is 0.237 e. The van der Waals surface area contributed by atoms with E-state index in [2.05, 4.69) is 43.3 Å². The molecule has 5 aliphatic heterocycles. The zero-order valence-electron chi connectivity index (χ0n) is 26.1. The monoisotopic (exact) mass is 605 g/mol. The number of hydrogen-bond donors (Lipinski definition) is 6. The molecule has 6 N–H and O–H groups in total. The van der Waals surface area contributed by atoms with Gasteiger partial charge in [-0.05, 0) is 76.7 Å². The predicted octanol–water partition coefficient (Wildman–Crippen LogP) is -0.328. The molecule has 0 aromatic carbocycles. The predicted molar refractivity (Wildman–Crippen MR) is 162 cm³/mol. The van der Waals surface area contributed by atoms with Crippen LogP contribution >= 0.6 is 0 Å². The quantitative estimate of drug-likeness (QED) is 0.196. The first-order valence-electron chi connectivity index (χ1n) is 17.0. The molecule has 43 heavy (non-hydrogen) atoms. The number of likely N-dealkylation sites (tertiary alicyclic amines) is 1. The van der Waals surface area contributed by atoms with Gasteiger partial charge in [0.05, 0.1) is 43.9 Å². The molecule has 5 saturated heterocycles. The van der Waals surface area contributed by atoms with Gasteiger partial charge in [-0.25, -0.2) is 0 Å². The van der Waals surface area contributed by atoms with E-state index in [-0.39, 0.29) is 36.7 Å². The average molecular weight is 606 g/mol. The molecule has 10 atom stereocenters. The third-order valence-electron chi connectivity index (χ3n) is 11.2. The van der Waals surface area contributed by atoms with Crippen molar-refractivity contribution in [2.45, 2.75) is 126 Å². The maximum absolute atomic E-state index is 13.0. The molecule has 1 aliphatic carbocycles. The van der Waals surface area contributed by atoms with Crippen molar-refractivity contribution in [2.75, 3.05) is 46.2 Å². The van der Waals surface area contributed by atoms with Crippen molar-refractivity contribution in [3.63, 3.8) is 0 Å². The van der Waals surface area contributed by atoms with E-state index >= 15 is 0 Å². The molecule has 12 nitrogen and oxygen atoms in total. The van der Waals surface area contributed by atoms with Crippen molar-refractivity contribution in [3.8, 4) is 0 Å². The number of amides is 2. The Labute approximate surface area is 256 Å². The minimum absolute atomic E-state index is 0.0496. The number of carbonyl (C=O) groups excluding carboxylic acids is 2. The Kier molecular flexibility index (Phi) is 10.6. The number of aliphatic hydroxyl groups is 1. The second-order valence-corrected chi connectivity index (χ2v) is 14.2. The van der Waals surface area contributed by atoms with Crippen molar-refractivity contribution in [2.24, 2.45) is 11.8 Å².